The third-order valence-electron chi connectivity index (χ3n) is 4.61. The first kappa shape index (κ1) is 21.8. The summed E-state index contributed by atoms with van der Waals surface area (Å²) in [6.45, 7) is 3.72. The number of thiophene rings is 1. The molecule has 29 heavy (non-hydrogen) atoms. The Bertz CT molecular complexity index is 1040. The van der Waals surface area contributed by atoms with Crippen molar-refractivity contribution in [1.82, 2.24) is 4.31 Å². The van der Waals surface area contributed by atoms with Crippen LogP contribution in [0.25, 0.3) is 0 Å². The zero-order chi connectivity index (χ0) is 21.2. The van der Waals surface area contributed by atoms with E-state index in [4.69, 9.17) is 11.6 Å². The van der Waals surface area contributed by atoms with Gasteiger partial charge in [-0.05, 0) is 50.1 Å². The van der Waals surface area contributed by atoms with E-state index in [1.165, 1.54) is 22.6 Å². The fourth-order valence-electron chi connectivity index (χ4n) is 3.21. The van der Waals surface area contributed by atoms with Crippen LogP contribution in [0.5, 0.6) is 0 Å². The van der Waals surface area contributed by atoms with E-state index in [-0.39, 0.29) is 18.4 Å². The second-order valence-electron chi connectivity index (χ2n) is 6.93. The molecule has 1 fully saturated rings. The molecule has 7 nitrogen and oxygen atoms in total. The van der Waals surface area contributed by atoms with Crippen molar-refractivity contribution in [1.29, 1.82) is 0 Å². The number of rotatable bonds is 5. The molecule has 1 aromatic carbocycles. The van der Waals surface area contributed by atoms with Crippen LogP contribution in [0.2, 0.25) is 5.02 Å². The summed E-state index contributed by atoms with van der Waals surface area (Å²) in [7, 11) is -3.62. The highest BCUT2D eigenvalue weighted by atomic mass is 35.5. The van der Waals surface area contributed by atoms with Crippen LogP contribution in [0.4, 0.5) is 11.4 Å². The fraction of sp³-hybridized carbons (Fsp3) is 0.368. The van der Waals surface area contributed by atoms with Crippen molar-refractivity contribution in [2.24, 2.45) is 5.92 Å². The minimum absolute atomic E-state index is 0.112. The average molecular weight is 456 g/mol. The Morgan fingerprint density at radius 2 is 1.93 bits per heavy atom. The molecule has 1 saturated heterocycles. The van der Waals surface area contributed by atoms with Gasteiger partial charge in [-0.2, -0.15) is 4.31 Å². The van der Waals surface area contributed by atoms with Crippen molar-refractivity contribution in [3.05, 3.63) is 40.2 Å². The maximum absolute atomic E-state index is 12.9. The predicted molar refractivity (Wildman–Crippen MR) is 115 cm³/mol. The molecule has 3 rings (SSSR count). The molecule has 2 heterocycles. The maximum atomic E-state index is 12.9. The number of hydrogen-bond acceptors (Lipinski definition) is 5. The van der Waals surface area contributed by atoms with Gasteiger partial charge >= 0.3 is 0 Å². The summed E-state index contributed by atoms with van der Waals surface area (Å²) >= 11 is 7.25. The molecule has 156 valence electrons. The van der Waals surface area contributed by atoms with Gasteiger partial charge in [0.15, 0.2) is 0 Å². The largest absolute Gasteiger partial charge is 0.325 e. The van der Waals surface area contributed by atoms with Gasteiger partial charge in [0.2, 0.25) is 11.8 Å². The minimum atomic E-state index is -3.62. The zero-order valence-electron chi connectivity index (χ0n) is 16.1. The van der Waals surface area contributed by atoms with Crippen molar-refractivity contribution in [2.45, 2.75) is 30.9 Å². The van der Waals surface area contributed by atoms with Crippen molar-refractivity contribution >= 4 is 56.2 Å². The van der Waals surface area contributed by atoms with E-state index in [1.54, 1.807) is 30.3 Å². The highest BCUT2D eigenvalue weighted by molar-refractivity contribution is 7.91. The molecule has 2 N–H and O–H groups in total. The molecule has 2 amide bonds. The first-order valence-electron chi connectivity index (χ1n) is 9.11. The summed E-state index contributed by atoms with van der Waals surface area (Å²) in [5.74, 6) is -1.08. The summed E-state index contributed by atoms with van der Waals surface area (Å²) in [6.07, 6.45) is 1.17. The van der Waals surface area contributed by atoms with Gasteiger partial charge in [0.05, 0.1) is 17.3 Å². The number of hydrogen-bond donors (Lipinski definition) is 2. The fourth-order valence-corrected chi connectivity index (χ4v) is 6.34. The second kappa shape index (κ2) is 8.83. The molecule has 0 aliphatic carbocycles. The molecule has 0 saturated carbocycles. The number of halogens is 1. The van der Waals surface area contributed by atoms with Gasteiger partial charge in [-0.25, -0.2) is 8.42 Å². The number of carbonyl (C=O) groups is 2. The van der Waals surface area contributed by atoms with E-state index in [9.17, 15) is 18.0 Å². The number of nitrogens with zero attached hydrogens (tertiary/aromatic N) is 1. The molecule has 0 radical (unpaired) electrons. The molecule has 1 aromatic heterocycles. The highest BCUT2D eigenvalue weighted by Gasteiger charge is 2.34. The van der Waals surface area contributed by atoms with Gasteiger partial charge in [0, 0.05) is 29.9 Å². The molecule has 10 heteroatoms. The van der Waals surface area contributed by atoms with Crippen LogP contribution in [0, 0.1) is 12.8 Å². The van der Waals surface area contributed by atoms with Crippen LogP contribution in [-0.2, 0) is 19.6 Å². The highest BCUT2D eigenvalue weighted by Crippen LogP contribution is 2.30. The van der Waals surface area contributed by atoms with Crippen molar-refractivity contribution < 1.29 is 18.0 Å². The van der Waals surface area contributed by atoms with E-state index in [0.717, 1.165) is 4.88 Å². The number of amides is 2. The zero-order valence-corrected chi connectivity index (χ0v) is 18.5. The number of benzene rings is 1. The number of carbonyl (C=O) groups excluding carboxylic acids is 2. The smallest absolute Gasteiger partial charge is 0.252 e. The number of aryl methyl sites for hydroxylation is 1. The van der Waals surface area contributed by atoms with Crippen LogP contribution < -0.4 is 10.6 Å². The Kier molecular flexibility index (Phi) is 6.62. The quantitative estimate of drug-likeness (QED) is 0.718. The molecular weight excluding hydrogens is 434 g/mol. The standard InChI is InChI=1S/C19H22ClN3O4S2/c1-12-5-8-18(28-12)29(26,27)23-9-3-4-14(11-23)19(25)22-17-10-15(20)6-7-16(17)21-13(2)24/h5-8,10,14H,3-4,9,11H2,1-2H3,(H,21,24)(H,22,25). The number of sulfonamides is 1. The lowest BCUT2D eigenvalue weighted by molar-refractivity contribution is -0.121. The summed E-state index contributed by atoms with van der Waals surface area (Å²) in [6, 6.07) is 8.14. The minimum Gasteiger partial charge on any atom is -0.325 e. The van der Waals surface area contributed by atoms with Crippen LogP contribution >= 0.6 is 22.9 Å². The number of anilines is 2. The molecule has 1 unspecified atom stereocenters. The Morgan fingerprint density at radius 3 is 2.59 bits per heavy atom. The predicted octanol–water partition coefficient (Wildman–Crippen LogP) is 3.71. The molecule has 1 aliphatic rings. The van der Waals surface area contributed by atoms with Gasteiger partial charge in [-0.3, -0.25) is 9.59 Å². The Morgan fingerprint density at radius 1 is 1.17 bits per heavy atom. The summed E-state index contributed by atoms with van der Waals surface area (Å²) in [5, 5.41) is 5.85. The lowest BCUT2D eigenvalue weighted by Gasteiger charge is -2.31. The average Bonchev–Trinajstić information content (AvgIpc) is 3.11. The maximum Gasteiger partial charge on any atom is 0.252 e. The van der Waals surface area contributed by atoms with E-state index in [1.807, 2.05) is 6.92 Å². The normalized spacial score (nSPS) is 17.7. The van der Waals surface area contributed by atoms with Crippen LogP contribution in [0.15, 0.2) is 34.5 Å². The van der Waals surface area contributed by atoms with Gasteiger partial charge in [0.25, 0.3) is 10.0 Å². The Labute approximate surface area is 179 Å². The van der Waals surface area contributed by atoms with Crippen LogP contribution in [-0.4, -0.2) is 37.6 Å². The number of nitrogens with one attached hydrogen (secondary N) is 2. The SMILES string of the molecule is CC(=O)Nc1ccc(Cl)cc1NC(=O)C1CCCN(S(=O)(=O)c2ccc(C)s2)C1. The summed E-state index contributed by atoms with van der Waals surface area (Å²) in [4.78, 5) is 25.2. The van der Waals surface area contributed by atoms with Gasteiger partial charge < -0.3 is 10.6 Å². The summed E-state index contributed by atoms with van der Waals surface area (Å²) < 4.78 is 27.4. The summed E-state index contributed by atoms with van der Waals surface area (Å²) in [5.41, 5.74) is 0.816. The van der Waals surface area contributed by atoms with Crippen molar-refractivity contribution in [2.75, 3.05) is 23.7 Å². The topological polar surface area (TPSA) is 95.6 Å². The van der Waals surface area contributed by atoms with E-state index in [0.29, 0.717) is 40.0 Å². The van der Waals surface area contributed by atoms with Gasteiger partial charge in [-0.1, -0.05) is 11.6 Å². The molecule has 1 atom stereocenters. The molecule has 0 bridgehead atoms. The van der Waals surface area contributed by atoms with Crippen LogP contribution in [0.1, 0.15) is 24.6 Å². The van der Waals surface area contributed by atoms with E-state index in [2.05, 4.69) is 10.6 Å². The third kappa shape index (κ3) is 5.16. The first-order chi connectivity index (χ1) is 13.7. The van der Waals surface area contributed by atoms with Crippen LogP contribution in [0.3, 0.4) is 0 Å². The second-order valence-corrected chi connectivity index (χ2v) is 10.8. The first-order valence-corrected chi connectivity index (χ1v) is 11.7. The molecule has 1 aliphatic heterocycles. The molecule has 0 spiro atoms. The third-order valence-corrected chi connectivity index (χ3v) is 8.18. The number of piperidine rings is 1. The molecular formula is C19H22ClN3O4S2. The van der Waals surface area contributed by atoms with Gasteiger partial charge in [-0.15, -0.1) is 11.3 Å². The Balaban J connectivity index is 1.75. The van der Waals surface area contributed by atoms with E-state index < -0.39 is 15.9 Å². The molecule has 2 aromatic rings. The lowest BCUT2D eigenvalue weighted by atomic mass is 9.98. The monoisotopic (exact) mass is 455 g/mol. The van der Waals surface area contributed by atoms with Gasteiger partial charge in [0.1, 0.15) is 4.21 Å². The van der Waals surface area contributed by atoms with Crippen molar-refractivity contribution in [3.8, 4) is 0 Å². The van der Waals surface area contributed by atoms with Crippen molar-refractivity contribution in [3.63, 3.8) is 0 Å². The Hall–Kier alpha value is -1.94. The van der Waals surface area contributed by atoms with E-state index >= 15 is 0 Å². The lowest BCUT2D eigenvalue weighted by Crippen LogP contribution is -2.43.